The molecule has 2 aromatic carbocycles. The number of hydrogen-bond acceptors (Lipinski definition) is 4. The number of halogens is 1. The molecule has 7 heteroatoms. The SMILES string of the molecule is CN=C(NCCCN1CCc2ccccc2C1)NCc1ccc(C)cc1OC1CCOC1.I. The van der Waals surface area contributed by atoms with E-state index in [1.54, 1.807) is 0 Å². The van der Waals surface area contributed by atoms with E-state index in [2.05, 4.69) is 69.9 Å². The number of aryl methyl sites for hydroxylation is 1. The maximum atomic E-state index is 6.21. The van der Waals surface area contributed by atoms with Gasteiger partial charge in [-0.15, -0.1) is 24.0 Å². The van der Waals surface area contributed by atoms with Gasteiger partial charge in [0.1, 0.15) is 11.9 Å². The Kier molecular flexibility index (Phi) is 10.3. The van der Waals surface area contributed by atoms with Gasteiger partial charge in [-0.05, 0) is 42.5 Å². The third kappa shape index (κ3) is 7.58. The molecule has 1 saturated heterocycles. The summed E-state index contributed by atoms with van der Waals surface area (Å²) in [6.45, 7) is 8.42. The van der Waals surface area contributed by atoms with E-state index in [0.29, 0.717) is 13.2 Å². The van der Waals surface area contributed by atoms with Crippen LogP contribution in [0.2, 0.25) is 0 Å². The number of ether oxygens (including phenoxy) is 2. The molecule has 2 aliphatic heterocycles. The maximum Gasteiger partial charge on any atom is 0.191 e. The summed E-state index contributed by atoms with van der Waals surface area (Å²) in [6.07, 6.45) is 3.34. The average molecular weight is 565 g/mol. The first kappa shape index (κ1) is 25.8. The Balaban J connectivity index is 0.00000306. The Labute approximate surface area is 215 Å². The molecule has 33 heavy (non-hydrogen) atoms. The normalized spacial score (nSPS) is 18.4. The molecular formula is C26H37IN4O2. The molecule has 0 bridgehead atoms. The van der Waals surface area contributed by atoms with E-state index in [-0.39, 0.29) is 30.1 Å². The van der Waals surface area contributed by atoms with Crippen molar-refractivity contribution < 1.29 is 9.47 Å². The highest BCUT2D eigenvalue weighted by molar-refractivity contribution is 14.0. The van der Waals surface area contributed by atoms with Crippen LogP contribution in [0.3, 0.4) is 0 Å². The molecule has 0 aliphatic carbocycles. The zero-order chi connectivity index (χ0) is 22.2. The molecule has 0 aromatic heterocycles. The molecule has 2 heterocycles. The summed E-state index contributed by atoms with van der Waals surface area (Å²) in [5, 5.41) is 6.89. The van der Waals surface area contributed by atoms with Gasteiger partial charge in [-0.2, -0.15) is 0 Å². The Morgan fingerprint density at radius 2 is 2.03 bits per heavy atom. The van der Waals surface area contributed by atoms with Crippen LogP contribution in [0, 0.1) is 6.92 Å². The summed E-state index contributed by atoms with van der Waals surface area (Å²) in [4.78, 5) is 6.93. The van der Waals surface area contributed by atoms with Crippen molar-refractivity contribution in [3.63, 3.8) is 0 Å². The monoisotopic (exact) mass is 564 g/mol. The van der Waals surface area contributed by atoms with E-state index >= 15 is 0 Å². The van der Waals surface area contributed by atoms with Crippen LogP contribution in [0.5, 0.6) is 5.75 Å². The number of nitrogens with one attached hydrogen (secondary N) is 2. The van der Waals surface area contributed by atoms with Crippen LogP contribution in [0.4, 0.5) is 0 Å². The van der Waals surface area contributed by atoms with Gasteiger partial charge in [-0.3, -0.25) is 9.89 Å². The summed E-state index contributed by atoms with van der Waals surface area (Å²) in [5.74, 6) is 1.76. The largest absolute Gasteiger partial charge is 0.488 e. The lowest BCUT2D eigenvalue weighted by atomic mass is 10.00. The van der Waals surface area contributed by atoms with Crippen LogP contribution in [0.15, 0.2) is 47.5 Å². The Morgan fingerprint density at radius 3 is 2.82 bits per heavy atom. The lowest BCUT2D eigenvalue weighted by Gasteiger charge is -2.28. The number of rotatable bonds is 8. The molecule has 0 amide bonds. The predicted octanol–water partition coefficient (Wildman–Crippen LogP) is 3.89. The molecule has 0 saturated carbocycles. The van der Waals surface area contributed by atoms with Crippen LogP contribution in [0.1, 0.15) is 35.1 Å². The molecule has 2 aliphatic rings. The van der Waals surface area contributed by atoms with Crippen LogP contribution in [-0.4, -0.2) is 56.9 Å². The Bertz CT molecular complexity index is 915. The second-order valence-corrected chi connectivity index (χ2v) is 8.72. The number of guanidine groups is 1. The number of nitrogens with zero attached hydrogens (tertiary/aromatic N) is 2. The molecule has 1 fully saturated rings. The lowest BCUT2D eigenvalue weighted by molar-refractivity contribution is 0.140. The van der Waals surface area contributed by atoms with Gasteiger partial charge < -0.3 is 20.1 Å². The van der Waals surface area contributed by atoms with Crippen molar-refractivity contribution in [1.29, 1.82) is 0 Å². The van der Waals surface area contributed by atoms with Crippen LogP contribution in [-0.2, 0) is 24.2 Å². The number of fused-ring (bicyclic) bond motifs is 1. The van der Waals surface area contributed by atoms with Gasteiger partial charge >= 0.3 is 0 Å². The van der Waals surface area contributed by atoms with Gasteiger partial charge in [0.15, 0.2) is 5.96 Å². The zero-order valence-corrected chi connectivity index (χ0v) is 22.1. The summed E-state index contributed by atoms with van der Waals surface area (Å²) >= 11 is 0. The van der Waals surface area contributed by atoms with Crippen molar-refractivity contribution in [3.8, 4) is 5.75 Å². The van der Waals surface area contributed by atoms with Crippen molar-refractivity contribution >= 4 is 29.9 Å². The molecule has 0 spiro atoms. The summed E-state index contributed by atoms with van der Waals surface area (Å²) in [6, 6.07) is 15.2. The number of hydrogen-bond donors (Lipinski definition) is 2. The molecule has 0 radical (unpaired) electrons. The van der Waals surface area contributed by atoms with Gasteiger partial charge in [0.05, 0.1) is 13.2 Å². The fourth-order valence-corrected chi connectivity index (χ4v) is 4.36. The van der Waals surface area contributed by atoms with Crippen molar-refractivity contribution in [2.45, 2.75) is 45.4 Å². The van der Waals surface area contributed by atoms with Crippen molar-refractivity contribution in [3.05, 3.63) is 64.7 Å². The molecule has 4 rings (SSSR count). The first-order valence-electron chi connectivity index (χ1n) is 11.8. The third-order valence-electron chi connectivity index (χ3n) is 6.23. The van der Waals surface area contributed by atoms with Gasteiger partial charge in [0.2, 0.25) is 0 Å². The lowest BCUT2D eigenvalue weighted by Crippen LogP contribution is -2.39. The predicted molar refractivity (Wildman–Crippen MR) is 145 cm³/mol. The molecular weight excluding hydrogens is 527 g/mol. The van der Waals surface area contributed by atoms with E-state index in [1.165, 1.54) is 16.7 Å². The molecule has 6 nitrogen and oxygen atoms in total. The van der Waals surface area contributed by atoms with Crippen LogP contribution >= 0.6 is 24.0 Å². The van der Waals surface area contributed by atoms with Crippen molar-refractivity contribution in [2.75, 3.05) is 39.9 Å². The highest BCUT2D eigenvalue weighted by Crippen LogP contribution is 2.24. The molecule has 2 N–H and O–H groups in total. The highest BCUT2D eigenvalue weighted by Gasteiger charge is 2.19. The van der Waals surface area contributed by atoms with E-state index < -0.39 is 0 Å². The topological polar surface area (TPSA) is 58.1 Å². The fourth-order valence-electron chi connectivity index (χ4n) is 4.36. The molecule has 1 unspecified atom stereocenters. The minimum atomic E-state index is 0. The minimum absolute atomic E-state index is 0. The first-order valence-corrected chi connectivity index (χ1v) is 11.8. The molecule has 180 valence electrons. The van der Waals surface area contributed by atoms with Crippen molar-refractivity contribution in [2.24, 2.45) is 4.99 Å². The van der Waals surface area contributed by atoms with Gasteiger partial charge in [-0.25, -0.2) is 0 Å². The van der Waals surface area contributed by atoms with Crippen LogP contribution < -0.4 is 15.4 Å². The van der Waals surface area contributed by atoms with E-state index in [9.17, 15) is 0 Å². The van der Waals surface area contributed by atoms with Crippen molar-refractivity contribution in [1.82, 2.24) is 15.5 Å². The average Bonchev–Trinajstić information content (AvgIpc) is 3.32. The number of aliphatic imine (C=N–C) groups is 1. The van der Waals surface area contributed by atoms with Gasteiger partial charge in [0, 0.05) is 51.8 Å². The van der Waals surface area contributed by atoms with E-state index in [1.807, 2.05) is 7.05 Å². The van der Waals surface area contributed by atoms with E-state index in [4.69, 9.17) is 9.47 Å². The zero-order valence-electron chi connectivity index (χ0n) is 19.8. The Hall–Kier alpha value is -1.84. The summed E-state index contributed by atoms with van der Waals surface area (Å²) in [7, 11) is 1.82. The quantitative estimate of drug-likeness (QED) is 0.221. The maximum absolute atomic E-state index is 6.21. The fraction of sp³-hybridized carbons (Fsp3) is 0.500. The summed E-state index contributed by atoms with van der Waals surface area (Å²) in [5.41, 5.74) is 5.32. The Morgan fingerprint density at radius 1 is 1.18 bits per heavy atom. The second kappa shape index (κ2) is 13.2. The smallest absolute Gasteiger partial charge is 0.191 e. The molecule has 1 atom stereocenters. The van der Waals surface area contributed by atoms with Crippen LogP contribution in [0.25, 0.3) is 0 Å². The standard InChI is InChI=1S/C26H36N4O2.HI/c1-20-8-9-22(25(16-20)32-24-11-15-31-19-24)17-29-26(27-2)28-12-5-13-30-14-10-21-6-3-4-7-23(21)18-30;/h3-4,6-9,16,24H,5,10-15,17-19H2,1-2H3,(H2,27,28,29);1H. The number of benzene rings is 2. The summed E-state index contributed by atoms with van der Waals surface area (Å²) < 4.78 is 11.7. The van der Waals surface area contributed by atoms with Gasteiger partial charge in [-0.1, -0.05) is 36.4 Å². The first-order chi connectivity index (χ1) is 15.7. The second-order valence-electron chi connectivity index (χ2n) is 8.72. The van der Waals surface area contributed by atoms with Gasteiger partial charge in [0.25, 0.3) is 0 Å². The highest BCUT2D eigenvalue weighted by atomic mass is 127. The molecule has 2 aromatic rings. The minimum Gasteiger partial charge on any atom is -0.488 e. The third-order valence-corrected chi connectivity index (χ3v) is 6.23. The van der Waals surface area contributed by atoms with E-state index in [0.717, 1.165) is 69.3 Å².